The van der Waals surface area contributed by atoms with E-state index in [1.165, 1.54) is 12.8 Å². The average molecular weight is 271 g/mol. The average Bonchev–Trinajstić information content (AvgIpc) is 2.26. The van der Waals surface area contributed by atoms with Crippen LogP contribution >= 0.6 is 24.2 Å². The lowest BCUT2D eigenvalue weighted by molar-refractivity contribution is -0.119. The minimum Gasteiger partial charge on any atom is -0.396 e. The molecule has 0 aliphatic carbocycles. The van der Waals surface area contributed by atoms with Gasteiger partial charge in [0, 0.05) is 12.3 Å². The van der Waals surface area contributed by atoms with Crippen LogP contribution in [0.5, 0.6) is 0 Å². The van der Waals surface area contributed by atoms with E-state index in [-0.39, 0.29) is 31.5 Å². The molecule has 0 aromatic carbocycles. The topological polar surface area (TPSA) is 75.4 Å². The normalized spacial score (nSPS) is 9.62. The van der Waals surface area contributed by atoms with Crippen molar-refractivity contribution in [2.75, 3.05) is 31.2 Å². The highest BCUT2D eigenvalue weighted by Gasteiger charge is 1.95. The highest BCUT2D eigenvalue weighted by Crippen LogP contribution is 2.06. The smallest absolute Gasteiger partial charge is 0.233 e. The van der Waals surface area contributed by atoms with Crippen molar-refractivity contribution in [2.45, 2.75) is 25.7 Å². The summed E-state index contributed by atoms with van der Waals surface area (Å²) in [4.78, 5) is 10.8. The molecule has 1 amide bonds. The molecule has 98 valence electrons. The van der Waals surface area contributed by atoms with Crippen LogP contribution in [-0.2, 0) is 4.79 Å². The van der Waals surface area contributed by atoms with E-state index in [4.69, 9.17) is 10.8 Å². The maximum atomic E-state index is 10.8. The van der Waals surface area contributed by atoms with Gasteiger partial charge in [0.05, 0.1) is 13.2 Å². The van der Waals surface area contributed by atoms with Gasteiger partial charge in [-0.1, -0.05) is 12.8 Å². The molecule has 4 N–H and O–H groups in total. The predicted molar refractivity (Wildman–Crippen MR) is 72.2 cm³/mol. The standard InChI is InChI=1S/C10H22N2O2S.ClH/c11-9-10(14)12-5-3-1-2-4-7-15-8-6-13;/h13H,1-9,11H2,(H,12,14);1H. The number of carbonyl (C=O) groups excluding carboxylic acids is 1. The maximum Gasteiger partial charge on any atom is 0.233 e. The van der Waals surface area contributed by atoms with Crippen molar-refractivity contribution in [3.8, 4) is 0 Å². The van der Waals surface area contributed by atoms with Gasteiger partial charge in [0.25, 0.3) is 0 Å². The summed E-state index contributed by atoms with van der Waals surface area (Å²) in [6, 6.07) is 0. The second-order valence-corrected chi connectivity index (χ2v) is 4.53. The molecule has 16 heavy (non-hydrogen) atoms. The number of aliphatic hydroxyl groups excluding tert-OH is 1. The predicted octanol–water partition coefficient (Wildman–Crippen LogP) is 0.769. The number of hydrogen-bond acceptors (Lipinski definition) is 4. The molecule has 0 aliphatic heterocycles. The minimum absolute atomic E-state index is 0. The summed E-state index contributed by atoms with van der Waals surface area (Å²) in [6.07, 6.45) is 4.55. The molecule has 0 radical (unpaired) electrons. The Morgan fingerprint density at radius 1 is 1.19 bits per heavy atom. The molecular formula is C10H23ClN2O2S. The molecule has 0 aromatic heterocycles. The molecule has 0 unspecified atom stereocenters. The quantitative estimate of drug-likeness (QED) is 0.513. The van der Waals surface area contributed by atoms with Crippen LogP contribution in [0.1, 0.15) is 25.7 Å². The molecule has 0 aromatic rings. The molecule has 6 heteroatoms. The summed E-state index contributed by atoms with van der Waals surface area (Å²) in [5, 5.41) is 11.3. The largest absolute Gasteiger partial charge is 0.396 e. The number of nitrogens with two attached hydrogens (primary N) is 1. The van der Waals surface area contributed by atoms with Gasteiger partial charge < -0.3 is 16.2 Å². The van der Waals surface area contributed by atoms with Gasteiger partial charge in [-0.2, -0.15) is 11.8 Å². The van der Waals surface area contributed by atoms with Crippen molar-refractivity contribution in [3.63, 3.8) is 0 Å². The Kier molecular flexibility index (Phi) is 17.3. The Balaban J connectivity index is 0. The van der Waals surface area contributed by atoms with Crippen LogP contribution in [0.4, 0.5) is 0 Å². The first-order valence-electron chi connectivity index (χ1n) is 5.46. The van der Waals surface area contributed by atoms with Gasteiger partial charge in [0.15, 0.2) is 0 Å². The number of hydrogen-bond donors (Lipinski definition) is 3. The Hall–Kier alpha value is 0.0300. The van der Waals surface area contributed by atoms with Crippen LogP contribution in [0.25, 0.3) is 0 Å². The van der Waals surface area contributed by atoms with E-state index in [1.807, 2.05) is 0 Å². The van der Waals surface area contributed by atoms with E-state index in [0.717, 1.165) is 30.9 Å². The maximum absolute atomic E-state index is 10.8. The van der Waals surface area contributed by atoms with Crippen LogP contribution in [-0.4, -0.2) is 42.2 Å². The van der Waals surface area contributed by atoms with Crippen molar-refractivity contribution >= 4 is 30.1 Å². The summed E-state index contributed by atoms with van der Waals surface area (Å²) < 4.78 is 0. The Bertz CT molecular complexity index is 162. The van der Waals surface area contributed by atoms with Crippen LogP contribution < -0.4 is 11.1 Å². The minimum atomic E-state index is -0.0755. The van der Waals surface area contributed by atoms with E-state index in [9.17, 15) is 4.79 Å². The lowest BCUT2D eigenvalue weighted by atomic mass is 10.2. The highest BCUT2D eigenvalue weighted by atomic mass is 35.5. The zero-order valence-corrected chi connectivity index (χ0v) is 11.2. The third kappa shape index (κ3) is 14.0. The third-order valence-electron chi connectivity index (χ3n) is 1.96. The molecule has 0 saturated heterocycles. The van der Waals surface area contributed by atoms with Gasteiger partial charge >= 0.3 is 0 Å². The van der Waals surface area contributed by atoms with E-state index in [0.29, 0.717) is 0 Å². The zero-order valence-electron chi connectivity index (χ0n) is 9.61. The summed E-state index contributed by atoms with van der Waals surface area (Å²) in [7, 11) is 0. The fourth-order valence-corrected chi connectivity index (χ4v) is 1.89. The van der Waals surface area contributed by atoms with Gasteiger partial charge in [0.1, 0.15) is 0 Å². The molecular weight excluding hydrogens is 248 g/mol. The summed E-state index contributed by atoms with van der Waals surface area (Å²) in [5.74, 6) is 1.89. The number of carbonyl (C=O) groups is 1. The Morgan fingerprint density at radius 3 is 2.50 bits per heavy atom. The number of thioether (sulfide) groups is 1. The monoisotopic (exact) mass is 270 g/mol. The first-order chi connectivity index (χ1) is 7.31. The van der Waals surface area contributed by atoms with E-state index >= 15 is 0 Å². The number of unbranched alkanes of at least 4 members (excludes halogenated alkanes) is 3. The number of rotatable bonds is 10. The van der Waals surface area contributed by atoms with Gasteiger partial charge in [-0.05, 0) is 18.6 Å². The van der Waals surface area contributed by atoms with E-state index < -0.39 is 0 Å². The Morgan fingerprint density at radius 2 is 1.88 bits per heavy atom. The van der Waals surface area contributed by atoms with Gasteiger partial charge in [-0.3, -0.25) is 4.79 Å². The second kappa shape index (κ2) is 15.0. The van der Waals surface area contributed by atoms with E-state index in [2.05, 4.69) is 5.32 Å². The molecule has 0 rings (SSSR count). The number of halogens is 1. The molecule has 0 atom stereocenters. The number of aliphatic hydroxyl groups is 1. The van der Waals surface area contributed by atoms with Crippen LogP contribution in [0, 0.1) is 0 Å². The highest BCUT2D eigenvalue weighted by molar-refractivity contribution is 7.99. The third-order valence-corrected chi connectivity index (χ3v) is 3.01. The van der Waals surface area contributed by atoms with Crippen LogP contribution in [0.15, 0.2) is 0 Å². The van der Waals surface area contributed by atoms with E-state index in [1.54, 1.807) is 11.8 Å². The fraction of sp³-hybridized carbons (Fsp3) is 0.900. The van der Waals surface area contributed by atoms with Crippen LogP contribution in [0.2, 0.25) is 0 Å². The van der Waals surface area contributed by atoms with Crippen molar-refractivity contribution in [3.05, 3.63) is 0 Å². The van der Waals surface area contributed by atoms with Crippen molar-refractivity contribution in [2.24, 2.45) is 5.73 Å². The van der Waals surface area contributed by atoms with Gasteiger partial charge in [0.2, 0.25) is 5.91 Å². The number of amides is 1. The van der Waals surface area contributed by atoms with Crippen molar-refractivity contribution < 1.29 is 9.90 Å². The number of nitrogens with one attached hydrogen (secondary N) is 1. The molecule has 0 bridgehead atoms. The van der Waals surface area contributed by atoms with Gasteiger partial charge in [-0.15, -0.1) is 12.4 Å². The van der Waals surface area contributed by atoms with Crippen molar-refractivity contribution in [1.82, 2.24) is 5.32 Å². The lowest BCUT2D eigenvalue weighted by Gasteiger charge is -2.03. The molecule has 0 spiro atoms. The SMILES string of the molecule is Cl.NCC(=O)NCCCCCCSCCO. The summed E-state index contributed by atoms with van der Waals surface area (Å²) in [5.41, 5.74) is 5.15. The van der Waals surface area contributed by atoms with Gasteiger partial charge in [-0.25, -0.2) is 0 Å². The van der Waals surface area contributed by atoms with Crippen molar-refractivity contribution in [1.29, 1.82) is 0 Å². The molecule has 0 saturated carbocycles. The zero-order chi connectivity index (χ0) is 11.4. The lowest BCUT2D eigenvalue weighted by Crippen LogP contribution is -2.30. The van der Waals surface area contributed by atoms with Crippen LogP contribution in [0.3, 0.4) is 0 Å². The molecule has 0 fully saturated rings. The molecule has 4 nitrogen and oxygen atoms in total. The second-order valence-electron chi connectivity index (χ2n) is 3.30. The molecule has 0 heterocycles. The molecule has 0 aliphatic rings. The fourth-order valence-electron chi connectivity index (χ4n) is 1.15. The first-order valence-corrected chi connectivity index (χ1v) is 6.62. The summed E-state index contributed by atoms with van der Waals surface area (Å²) >= 11 is 1.79. The first kappa shape index (κ1) is 18.4. The summed E-state index contributed by atoms with van der Waals surface area (Å²) in [6.45, 7) is 1.09. The Labute approximate surface area is 108 Å².